The van der Waals surface area contributed by atoms with E-state index in [2.05, 4.69) is 20.2 Å². The van der Waals surface area contributed by atoms with Gasteiger partial charge in [-0.2, -0.15) is 5.10 Å². The maximum absolute atomic E-state index is 6.03. The number of nitrogen functional groups attached to an aromatic ring is 1. The van der Waals surface area contributed by atoms with Crippen LogP contribution in [0.2, 0.25) is 0 Å². The minimum atomic E-state index is 0.438. The topological polar surface area (TPSA) is 83.4 Å². The molecule has 0 amide bonds. The van der Waals surface area contributed by atoms with Crippen molar-refractivity contribution in [3.63, 3.8) is 0 Å². The predicted octanol–water partition coefficient (Wildman–Crippen LogP) is 3.20. The number of hydrogen-bond donors (Lipinski definition) is 3. The van der Waals surface area contributed by atoms with Crippen LogP contribution in [0.4, 0.5) is 5.82 Å². The summed E-state index contributed by atoms with van der Waals surface area (Å²) in [5.41, 5.74) is 10.6. The van der Waals surface area contributed by atoms with Crippen LogP contribution in [0, 0.1) is 0 Å². The number of H-pyrrole nitrogens is 2. The molecule has 4 aromatic rings. The van der Waals surface area contributed by atoms with Gasteiger partial charge in [0, 0.05) is 5.56 Å². The summed E-state index contributed by atoms with van der Waals surface area (Å²) in [7, 11) is 0. The Labute approximate surface area is 120 Å². The van der Waals surface area contributed by atoms with Crippen molar-refractivity contribution in [3.05, 3.63) is 54.6 Å². The van der Waals surface area contributed by atoms with Gasteiger partial charge in [0.2, 0.25) is 0 Å². The van der Waals surface area contributed by atoms with Crippen LogP contribution in [0.25, 0.3) is 33.7 Å². The Hall–Kier alpha value is -3.08. The van der Waals surface area contributed by atoms with Crippen molar-refractivity contribution in [1.82, 2.24) is 20.2 Å². The lowest BCUT2D eigenvalue weighted by Gasteiger charge is -2.01. The molecule has 0 unspecified atom stereocenters. The zero-order valence-electron chi connectivity index (χ0n) is 11.2. The number of hydrogen-bond acceptors (Lipinski definition) is 3. The molecule has 0 aliphatic rings. The zero-order chi connectivity index (χ0) is 14.2. The normalized spacial score (nSPS) is 11.0. The van der Waals surface area contributed by atoms with Crippen LogP contribution in [0.3, 0.4) is 0 Å². The van der Waals surface area contributed by atoms with E-state index >= 15 is 0 Å². The molecule has 102 valence electrons. The quantitative estimate of drug-likeness (QED) is 0.525. The van der Waals surface area contributed by atoms with Crippen LogP contribution in [0.15, 0.2) is 54.6 Å². The molecule has 0 saturated heterocycles. The maximum atomic E-state index is 6.03. The van der Waals surface area contributed by atoms with E-state index < -0.39 is 0 Å². The van der Waals surface area contributed by atoms with Crippen LogP contribution in [0.5, 0.6) is 0 Å². The molecule has 4 N–H and O–H groups in total. The maximum Gasteiger partial charge on any atom is 0.156 e. The lowest BCUT2D eigenvalue weighted by molar-refractivity contribution is 1.10. The average Bonchev–Trinajstić information content (AvgIpc) is 3.11. The summed E-state index contributed by atoms with van der Waals surface area (Å²) >= 11 is 0. The van der Waals surface area contributed by atoms with Gasteiger partial charge in [-0.1, -0.05) is 42.5 Å². The fraction of sp³-hybridized carbons (Fsp3) is 0. The Bertz CT molecular complexity index is 872. The molecule has 21 heavy (non-hydrogen) atoms. The highest BCUT2D eigenvalue weighted by atomic mass is 15.2. The zero-order valence-corrected chi connectivity index (χ0v) is 11.2. The van der Waals surface area contributed by atoms with E-state index in [1.807, 2.05) is 54.6 Å². The number of nitrogens with zero attached hydrogens (tertiary/aromatic N) is 2. The van der Waals surface area contributed by atoms with Gasteiger partial charge in [0.1, 0.15) is 5.82 Å². The predicted molar refractivity (Wildman–Crippen MR) is 83.5 cm³/mol. The third-order valence-electron chi connectivity index (χ3n) is 3.48. The summed E-state index contributed by atoms with van der Waals surface area (Å²) in [5.74, 6) is 1.16. The van der Waals surface area contributed by atoms with Crippen molar-refractivity contribution in [2.45, 2.75) is 0 Å². The monoisotopic (exact) mass is 275 g/mol. The van der Waals surface area contributed by atoms with E-state index in [0.29, 0.717) is 5.82 Å². The third kappa shape index (κ3) is 1.87. The molecular weight excluding hydrogens is 262 g/mol. The van der Waals surface area contributed by atoms with Crippen molar-refractivity contribution in [1.29, 1.82) is 0 Å². The van der Waals surface area contributed by atoms with E-state index in [1.165, 1.54) is 0 Å². The van der Waals surface area contributed by atoms with E-state index in [9.17, 15) is 0 Å². The van der Waals surface area contributed by atoms with Crippen LogP contribution in [-0.2, 0) is 0 Å². The second-order valence-corrected chi connectivity index (χ2v) is 4.83. The number of nitrogens with one attached hydrogen (secondary N) is 2. The van der Waals surface area contributed by atoms with Crippen molar-refractivity contribution in [2.75, 3.05) is 5.73 Å². The molecule has 5 nitrogen and oxygen atoms in total. The second kappa shape index (κ2) is 4.49. The first kappa shape index (κ1) is 11.7. The third-order valence-corrected chi connectivity index (χ3v) is 3.48. The number of fused-ring (bicyclic) bond motifs is 1. The molecule has 0 aliphatic heterocycles. The van der Waals surface area contributed by atoms with Crippen molar-refractivity contribution in [3.8, 4) is 22.6 Å². The Balaban J connectivity index is 1.94. The molecule has 0 saturated carbocycles. The van der Waals surface area contributed by atoms with Crippen LogP contribution in [0.1, 0.15) is 0 Å². The molecule has 0 spiro atoms. The number of benzene rings is 2. The average molecular weight is 275 g/mol. The molecule has 2 aromatic heterocycles. The first-order chi connectivity index (χ1) is 10.3. The summed E-state index contributed by atoms with van der Waals surface area (Å²) in [5, 5.41) is 7.13. The lowest BCUT2D eigenvalue weighted by atomic mass is 10.1. The van der Waals surface area contributed by atoms with Gasteiger partial charge < -0.3 is 10.7 Å². The number of imidazole rings is 1. The highest BCUT2D eigenvalue weighted by Gasteiger charge is 2.17. The first-order valence-electron chi connectivity index (χ1n) is 6.67. The van der Waals surface area contributed by atoms with Crippen LogP contribution in [-0.4, -0.2) is 20.2 Å². The largest absolute Gasteiger partial charge is 0.382 e. The van der Waals surface area contributed by atoms with Gasteiger partial charge >= 0.3 is 0 Å². The summed E-state index contributed by atoms with van der Waals surface area (Å²) in [4.78, 5) is 7.90. The number of aromatic amines is 2. The number of aromatic nitrogens is 4. The van der Waals surface area contributed by atoms with E-state index in [-0.39, 0.29) is 0 Å². The summed E-state index contributed by atoms with van der Waals surface area (Å²) in [6.45, 7) is 0. The van der Waals surface area contributed by atoms with Gasteiger partial charge in [-0.25, -0.2) is 4.98 Å². The summed E-state index contributed by atoms with van der Waals surface area (Å²) in [6, 6.07) is 17.9. The van der Waals surface area contributed by atoms with Gasteiger partial charge in [0.15, 0.2) is 5.82 Å². The highest BCUT2D eigenvalue weighted by Crippen LogP contribution is 2.33. The molecular formula is C16H13N5. The molecule has 5 heteroatoms. The molecule has 0 atom stereocenters. The minimum Gasteiger partial charge on any atom is -0.382 e. The number of rotatable bonds is 2. The minimum absolute atomic E-state index is 0.438. The molecule has 0 bridgehead atoms. The number of para-hydroxylation sites is 2. The fourth-order valence-electron chi connectivity index (χ4n) is 2.48. The highest BCUT2D eigenvalue weighted by molar-refractivity contribution is 5.88. The van der Waals surface area contributed by atoms with Gasteiger partial charge in [0.25, 0.3) is 0 Å². The van der Waals surface area contributed by atoms with Gasteiger partial charge in [-0.15, -0.1) is 0 Å². The van der Waals surface area contributed by atoms with Gasteiger partial charge in [-0.05, 0) is 12.1 Å². The number of nitrogens with two attached hydrogens (primary N) is 1. The second-order valence-electron chi connectivity index (χ2n) is 4.83. The smallest absolute Gasteiger partial charge is 0.156 e. The summed E-state index contributed by atoms with van der Waals surface area (Å²) < 4.78 is 0. The molecule has 0 fully saturated rings. The first-order valence-corrected chi connectivity index (χ1v) is 6.67. The number of anilines is 1. The molecule has 0 aliphatic carbocycles. The van der Waals surface area contributed by atoms with Crippen molar-refractivity contribution >= 4 is 16.9 Å². The van der Waals surface area contributed by atoms with E-state index in [4.69, 9.17) is 5.73 Å². The van der Waals surface area contributed by atoms with Gasteiger partial charge in [0.05, 0.1) is 22.3 Å². The molecule has 2 aromatic carbocycles. The Kier molecular flexibility index (Phi) is 2.50. The lowest BCUT2D eigenvalue weighted by Crippen LogP contribution is -1.90. The van der Waals surface area contributed by atoms with Crippen LogP contribution < -0.4 is 5.73 Å². The van der Waals surface area contributed by atoms with Crippen molar-refractivity contribution in [2.24, 2.45) is 0 Å². The summed E-state index contributed by atoms with van der Waals surface area (Å²) in [6.07, 6.45) is 0. The van der Waals surface area contributed by atoms with E-state index in [1.54, 1.807) is 0 Å². The Morgan fingerprint density at radius 3 is 2.48 bits per heavy atom. The van der Waals surface area contributed by atoms with E-state index in [0.717, 1.165) is 33.7 Å². The van der Waals surface area contributed by atoms with Gasteiger partial charge in [-0.3, -0.25) is 5.10 Å². The Morgan fingerprint density at radius 2 is 1.67 bits per heavy atom. The Morgan fingerprint density at radius 1 is 0.905 bits per heavy atom. The van der Waals surface area contributed by atoms with Crippen molar-refractivity contribution < 1.29 is 0 Å². The molecule has 0 radical (unpaired) electrons. The standard InChI is InChI=1S/C16H13N5/c17-15-13(14(20-21-15)10-6-2-1-3-7-10)16-18-11-8-4-5-9-12(11)19-16/h1-9H,(H,18,19)(H3,17,20,21). The SMILES string of the molecule is Nc1n[nH]c(-c2ccccc2)c1-c1nc2ccccc2[nH]1. The van der Waals surface area contributed by atoms with Crippen LogP contribution >= 0.6 is 0 Å². The fourth-order valence-corrected chi connectivity index (χ4v) is 2.48. The molecule has 2 heterocycles. The molecule has 4 rings (SSSR count).